The van der Waals surface area contributed by atoms with Crippen LogP contribution >= 0.6 is 0 Å². The van der Waals surface area contributed by atoms with Crippen molar-refractivity contribution in [2.75, 3.05) is 0 Å². The van der Waals surface area contributed by atoms with Crippen LogP contribution in [0.25, 0.3) is 0 Å². The summed E-state index contributed by atoms with van der Waals surface area (Å²) in [6, 6.07) is 0. The third-order valence-corrected chi connectivity index (χ3v) is 7.63. The number of hydrogen-bond acceptors (Lipinski definition) is 3. The Hall–Kier alpha value is -0.860. The van der Waals surface area contributed by atoms with Crippen molar-refractivity contribution in [3.63, 3.8) is 0 Å². The summed E-state index contributed by atoms with van der Waals surface area (Å²) in [7, 11) is 0. The predicted octanol–water partition coefficient (Wildman–Crippen LogP) is 3.50. The minimum atomic E-state index is -0.0459. The molecule has 0 unspecified atom stereocenters. The summed E-state index contributed by atoms with van der Waals surface area (Å²) >= 11 is 0. The molecule has 0 radical (unpaired) electrons. The highest BCUT2D eigenvalue weighted by atomic mass is 16.5. The van der Waals surface area contributed by atoms with Crippen molar-refractivity contribution in [1.29, 1.82) is 0 Å². The van der Waals surface area contributed by atoms with Gasteiger partial charge in [0.25, 0.3) is 0 Å². The second-order valence-electron chi connectivity index (χ2n) is 8.36. The summed E-state index contributed by atoms with van der Waals surface area (Å²) in [5.74, 6) is 2.40. The molecule has 0 bridgehead atoms. The van der Waals surface area contributed by atoms with Crippen LogP contribution in [0.1, 0.15) is 65.2 Å². The summed E-state index contributed by atoms with van der Waals surface area (Å²) in [6.45, 7) is 4.57. The maximum Gasteiger partial charge on any atom is 0.306 e. The highest BCUT2D eigenvalue weighted by Crippen LogP contribution is 2.63. The Morgan fingerprint density at radius 1 is 0.952 bits per heavy atom. The van der Waals surface area contributed by atoms with E-state index in [2.05, 4.69) is 13.8 Å². The van der Waals surface area contributed by atoms with Crippen LogP contribution < -0.4 is 0 Å². The molecule has 3 saturated carbocycles. The van der Waals surface area contributed by atoms with Gasteiger partial charge in [-0.05, 0) is 56.3 Å². The lowest BCUT2D eigenvalue weighted by Gasteiger charge is -2.58. The molecule has 4 rings (SSSR count). The van der Waals surface area contributed by atoms with Gasteiger partial charge in [-0.1, -0.05) is 13.8 Å². The predicted molar refractivity (Wildman–Crippen MR) is 78.5 cm³/mol. The summed E-state index contributed by atoms with van der Waals surface area (Å²) in [5.41, 5.74) is 0.111. The maximum absolute atomic E-state index is 12.3. The molecule has 3 nitrogen and oxygen atoms in total. The molecular weight excluding hydrogens is 264 g/mol. The molecule has 21 heavy (non-hydrogen) atoms. The van der Waals surface area contributed by atoms with Gasteiger partial charge >= 0.3 is 5.97 Å². The van der Waals surface area contributed by atoms with Gasteiger partial charge in [-0.15, -0.1) is 0 Å². The standard InChI is InChI=1S/C18H26O3/c1-17-9-7-13-11(12(17)4-5-14(17)19)3-6-15-18(13,2)10-8-16(20)21-15/h11-13,15H,3-10H2,1-2H3/t11-,12-,13-,15+,17-,18+/m0/s1. The van der Waals surface area contributed by atoms with Gasteiger partial charge in [0.15, 0.2) is 0 Å². The summed E-state index contributed by atoms with van der Waals surface area (Å²) < 4.78 is 5.69. The van der Waals surface area contributed by atoms with Crippen molar-refractivity contribution in [3.8, 4) is 0 Å². The summed E-state index contributed by atoms with van der Waals surface area (Å²) in [5, 5.41) is 0. The number of carbonyl (C=O) groups excluding carboxylic acids is 2. The van der Waals surface area contributed by atoms with E-state index in [0.717, 1.165) is 44.9 Å². The van der Waals surface area contributed by atoms with Crippen LogP contribution in [-0.4, -0.2) is 17.9 Å². The van der Waals surface area contributed by atoms with E-state index in [-0.39, 0.29) is 22.9 Å². The lowest BCUT2D eigenvalue weighted by atomic mass is 9.48. The van der Waals surface area contributed by atoms with Crippen LogP contribution in [0.2, 0.25) is 0 Å². The molecule has 0 spiro atoms. The number of esters is 1. The van der Waals surface area contributed by atoms with Gasteiger partial charge in [0.1, 0.15) is 11.9 Å². The van der Waals surface area contributed by atoms with Crippen molar-refractivity contribution in [1.82, 2.24) is 0 Å². The number of hydrogen-bond donors (Lipinski definition) is 0. The van der Waals surface area contributed by atoms with Crippen LogP contribution in [0.3, 0.4) is 0 Å². The molecule has 1 heterocycles. The molecule has 3 heteroatoms. The summed E-state index contributed by atoms with van der Waals surface area (Å²) in [4.78, 5) is 24.0. The minimum Gasteiger partial charge on any atom is -0.462 e. The Bertz CT molecular complexity index is 499. The molecule has 4 fully saturated rings. The monoisotopic (exact) mass is 290 g/mol. The second-order valence-corrected chi connectivity index (χ2v) is 8.36. The molecule has 1 saturated heterocycles. The van der Waals surface area contributed by atoms with E-state index in [1.165, 1.54) is 0 Å². The lowest BCUT2D eigenvalue weighted by Crippen LogP contribution is -2.56. The Morgan fingerprint density at radius 3 is 2.57 bits per heavy atom. The summed E-state index contributed by atoms with van der Waals surface area (Å²) in [6.07, 6.45) is 7.92. The number of ketones is 1. The quantitative estimate of drug-likeness (QED) is 0.641. The van der Waals surface area contributed by atoms with Gasteiger partial charge in [0.05, 0.1) is 0 Å². The molecule has 1 aliphatic heterocycles. The van der Waals surface area contributed by atoms with Crippen molar-refractivity contribution in [3.05, 3.63) is 0 Å². The first-order chi connectivity index (χ1) is 9.95. The highest BCUT2D eigenvalue weighted by molar-refractivity contribution is 5.87. The molecule has 0 amide bonds. The fraction of sp³-hybridized carbons (Fsp3) is 0.889. The first kappa shape index (κ1) is 13.8. The molecule has 6 atom stereocenters. The Balaban J connectivity index is 1.65. The van der Waals surface area contributed by atoms with Gasteiger partial charge in [-0.3, -0.25) is 9.59 Å². The Labute approximate surface area is 126 Å². The number of Topliss-reactive ketones (excluding diaryl/α,β-unsaturated/α-hetero) is 1. The SMILES string of the molecule is C[C@]12CCC(=O)O[C@@H]1CC[C@@H]1[C@@H]2CC[C@]2(C)C(=O)CC[C@@H]12. The number of fused-ring (bicyclic) bond motifs is 5. The smallest absolute Gasteiger partial charge is 0.306 e. The van der Waals surface area contributed by atoms with Gasteiger partial charge in [0, 0.05) is 23.7 Å². The van der Waals surface area contributed by atoms with Gasteiger partial charge in [-0.2, -0.15) is 0 Å². The third-order valence-electron chi connectivity index (χ3n) is 7.63. The van der Waals surface area contributed by atoms with E-state index in [4.69, 9.17) is 4.74 Å². The van der Waals surface area contributed by atoms with Crippen LogP contribution in [0.5, 0.6) is 0 Å². The lowest BCUT2D eigenvalue weighted by molar-refractivity contribution is -0.190. The van der Waals surface area contributed by atoms with E-state index in [0.29, 0.717) is 30.0 Å². The zero-order valence-corrected chi connectivity index (χ0v) is 13.2. The van der Waals surface area contributed by atoms with E-state index >= 15 is 0 Å². The van der Waals surface area contributed by atoms with Crippen molar-refractivity contribution < 1.29 is 14.3 Å². The number of ether oxygens (including phenoxy) is 1. The molecule has 3 aliphatic carbocycles. The molecule has 0 aromatic rings. The van der Waals surface area contributed by atoms with E-state index in [1.54, 1.807) is 0 Å². The highest BCUT2D eigenvalue weighted by Gasteiger charge is 2.60. The third kappa shape index (κ3) is 1.72. The Kier molecular flexibility index (Phi) is 2.84. The van der Waals surface area contributed by atoms with E-state index in [1.807, 2.05) is 0 Å². The first-order valence-corrected chi connectivity index (χ1v) is 8.68. The van der Waals surface area contributed by atoms with Crippen LogP contribution in [0, 0.1) is 28.6 Å². The van der Waals surface area contributed by atoms with E-state index in [9.17, 15) is 9.59 Å². The fourth-order valence-electron chi connectivity index (χ4n) is 6.32. The minimum absolute atomic E-state index is 0.00684. The number of carbonyl (C=O) groups is 2. The molecule has 116 valence electrons. The van der Waals surface area contributed by atoms with Crippen LogP contribution in [-0.2, 0) is 14.3 Å². The average molecular weight is 290 g/mol. The second kappa shape index (κ2) is 4.33. The molecule has 0 N–H and O–H groups in total. The largest absolute Gasteiger partial charge is 0.462 e. The zero-order valence-electron chi connectivity index (χ0n) is 13.2. The maximum atomic E-state index is 12.3. The molecular formula is C18H26O3. The average Bonchev–Trinajstić information content (AvgIpc) is 2.76. The van der Waals surface area contributed by atoms with Gasteiger partial charge < -0.3 is 4.74 Å². The first-order valence-electron chi connectivity index (χ1n) is 8.68. The van der Waals surface area contributed by atoms with Crippen LogP contribution in [0.4, 0.5) is 0 Å². The van der Waals surface area contributed by atoms with Gasteiger partial charge in [-0.25, -0.2) is 0 Å². The normalized spacial score (nSPS) is 52.7. The van der Waals surface area contributed by atoms with Crippen molar-refractivity contribution >= 4 is 11.8 Å². The number of rotatable bonds is 0. The molecule has 0 aromatic carbocycles. The molecule has 4 aliphatic rings. The van der Waals surface area contributed by atoms with Crippen molar-refractivity contribution in [2.45, 2.75) is 71.3 Å². The zero-order chi connectivity index (χ0) is 14.8. The topological polar surface area (TPSA) is 43.4 Å². The van der Waals surface area contributed by atoms with Crippen LogP contribution in [0.15, 0.2) is 0 Å². The molecule has 0 aromatic heterocycles. The van der Waals surface area contributed by atoms with Crippen molar-refractivity contribution in [2.24, 2.45) is 28.6 Å². The fourth-order valence-corrected chi connectivity index (χ4v) is 6.32. The Morgan fingerprint density at radius 2 is 1.76 bits per heavy atom. The van der Waals surface area contributed by atoms with E-state index < -0.39 is 0 Å². The van der Waals surface area contributed by atoms with Gasteiger partial charge in [0.2, 0.25) is 0 Å².